The summed E-state index contributed by atoms with van der Waals surface area (Å²) in [7, 11) is 0. The molecule has 52 valence electrons. The summed E-state index contributed by atoms with van der Waals surface area (Å²) in [4.78, 5) is 10.7. The molecule has 0 saturated carbocycles. The lowest BCUT2D eigenvalue weighted by Gasteiger charge is -1.92. The fraction of sp³-hybridized carbons (Fsp3) is 0.286. The third-order valence-electron chi connectivity index (χ3n) is 1.15. The second kappa shape index (κ2) is 2.56. The van der Waals surface area contributed by atoms with Crippen molar-refractivity contribution in [1.29, 1.82) is 0 Å². The van der Waals surface area contributed by atoms with Crippen molar-refractivity contribution < 1.29 is 4.79 Å². The summed E-state index contributed by atoms with van der Waals surface area (Å²) < 4.78 is 0. The zero-order valence-corrected chi connectivity index (χ0v) is 5.96. The molecule has 0 fully saturated rings. The fourth-order valence-corrected chi connectivity index (χ4v) is 0.636. The number of nitrogens with zero attached hydrogens (tertiary/aromatic N) is 2. The van der Waals surface area contributed by atoms with Crippen LogP contribution in [0.15, 0.2) is 12.3 Å². The van der Waals surface area contributed by atoms with E-state index in [1.807, 2.05) is 6.92 Å². The van der Waals surface area contributed by atoms with Gasteiger partial charge in [-0.05, 0) is 18.6 Å². The number of aromatic nitrogens is 2. The first kappa shape index (κ1) is 6.86. The Morgan fingerprint density at radius 3 is 2.70 bits per heavy atom. The molecule has 0 aliphatic rings. The van der Waals surface area contributed by atoms with Crippen molar-refractivity contribution in [3.8, 4) is 0 Å². The zero-order valence-electron chi connectivity index (χ0n) is 5.96. The minimum absolute atomic E-state index is 0.0452. The molecule has 0 saturated heterocycles. The van der Waals surface area contributed by atoms with Gasteiger partial charge in [-0.25, -0.2) is 0 Å². The highest BCUT2D eigenvalue weighted by Gasteiger charge is 1.99. The third kappa shape index (κ3) is 1.37. The van der Waals surface area contributed by atoms with Crippen LogP contribution in [-0.4, -0.2) is 16.0 Å². The Labute approximate surface area is 59.1 Å². The van der Waals surface area contributed by atoms with Gasteiger partial charge in [0.1, 0.15) is 5.69 Å². The monoisotopic (exact) mass is 136 g/mol. The van der Waals surface area contributed by atoms with Crippen molar-refractivity contribution in [2.24, 2.45) is 0 Å². The number of hydrogen-bond donors (Lipinski definition) is 0. The van der Waals surface area contributed by atoms with Gasteiger partial charge in [0.15, 0.2) is 5.78 Å². The Balaban J connectivity index is 3.07. The Kier molecular flexibility index (Phi) is 1.76. The lowest BCUT2D eigenvalue weighted by atomic mass is 10.2. The summed E-state index contributed by atoms with van der Waals surface area (Å²) in [5.41, 5.74) is 1.39. The molecule has 0 bridgehead atoms. The van der Waals surface area contributed by atoms with Gasteiger partial charge in [0.25, 0.3) is 0 Å². The number of Topliss-reactive ketones (excluding diaryl/α,β-unsaturated/α-hetero) is 1. The molecule has 0 aromatic carbocycles. The molecule has 0 N–H and O–H groups in total. The van der Waals surface area contributed by atoms with Crippen LogP contribution in [0.1, 0.15) is 23.0 Å². The average Bonchev–Trinajstić information content (AvgIpc) is 1.88. The van der Waals surface area contributed by atoms with Gasteiger partial charge < -0.3 is 0 Å². The molecule has 0 atom stereocenters. The summed E-state index contributed by atoms with van der Waals surface area (Å²) in [6.07, 6.45) is 1.62. The largest absolute Gasteiger partial charge is 0.293 e. The SMILES string of the molecule is CC(=O)c1cc(C)cnn1. The summed E-state index contributed by atoms with van der Waals surface area (Å²) in [6, 6.07) is 1.72. The number of hydrogen-bond acceptors (Lipinski definition) is 3. The van der Waals surface area contributed by atoms with Crippen LogP contribution in [0.5, 0.6) is 0 Å². The first-order chi connectivity index (χ1) is 4.70. The first-order valence-electron chi connectivity index (χ1n) is 3.00. The van der Waals surface area contributed by atoms with Crippen LogP contribution in [-0.2, 0) is 0 Å². The molecular formula is C7H8N2O. The number of ketones is 1. The van der Waals surface area contributed by atoms with E-state index in [-0.39, 0.29) is 5.78 Å². The lowest BCUT2D eigenvalue weighted by molar-refractivity contribution is 0.101. The number of aryl methyl sites for hydroxylation is 1. The fourth-order valence-electron chi connectivity index (χ4n) is 0.636. The normalized spacial score (nSPS) is 9.40. The second-order valence-corrected chi connectivity index (χ2v) is 2.17. The molecule has 0 spiro atoms. The van der Waals surface area contributed by atoms with Crippen molar-refractivity contribution in [1.82, 2.24) is 10.2 Å². The number of carbonyl (C=O) groups excluding carboxylic acids is 1. The standard InChI is InChI=1S/C7H8N2O/c1-5-3-7(6(2)10)9-8-4-5/h3-4H,1-2H3. The minimum Gasteiger partial charge on any atom is -0.293 e. The van der Waals surface area contributed by atoms with Crippen molar-refractivity contribution >= 4 is 5.78 Å². The molecule has 1 aromatic heterocycles. The Bertz CT molecular complexity index is 258. The summed E-state index contributed by atoms with van der Waals surface area (Å²) >= 11 is 0. The number of rotatable bonds is 1. The van der Waals surface area contributed by atoms with Crippen LogP contribution in [0, 0.1) is 6.92 Å². The predicted molar refractivity (Wildman–Crippen MR) is 36.8 cm³/mol. The maximum absolute atomic E-state index is 10.7. The van der Waals surface area contributed by atoms with Crippen LogP contribution in [0.4, 0.5) is 0 Å². The summed E-state index contributed by atoms with van der Waals surface area (Å²) in [6.45, 7) is 3.35. The van der Waals surface area contributed by atoms with Crippen molar-refractivity contribution in [3.05, 3.63) is 23.5 Å². The molecule has 1 aromatic rings. The quantitative estimate of drug-likeness (QED) is 0.540. The van der Waals surface area contributed by atoms with Gasteiger partial charge >= 0.3 is 0 Å². The number of carbonyl (C=O) groups is 1. The van der Waals surface area contributed by atoms with Gasteiger partial charge in [0.05, 0.1) is 6.20 Å². The van der Waals surface area contributed by atoms with E-state index < -0.39 is 0 Å². The van der Waals surface area contributed by atoms with E-state index in [0.717, 1.165) is 5.56 Å². The van der Waals surface area contributed by atoms with Gasteiger partial charge in [0, 0.05) is 6.92 Å². The topological polar surface area (TPSA) is 42.9 Å². The summed E-state index contributed by atoms with van der Waals surface area (Å²) in [5, 5.41) is 7.27. The highest BCUT2D eigenvalue weighted by Crippen LogP contribution is 1.97. The van der Waals surface area contributed by atoms with Gasteiger partial charge in [-0.15, -0.1) is 5.10 Å². The van der Waals surface area contributed by atoms with Gasteiger partial charge in [-0.1, -0.05) is 0 Å². The zero-order chi connectivity index (χ0) is 7.56. The molecule has 0 amide bonds. The van der Waals surface area contributed by atoms with Crippen molar-refractivity contribution in [3.63, 3.8) is 0 Å². The van der Waals surface area contributed by atoms with E-state index in [9.17, 15) is 4.79 Å². The molecule has 3 heteroatoms. The summed E-state index contributed by atoms with van der Waals surface area (Å²) in [5.74, 6) is -0.0452. The molecule has 0 aliphatic carbocycles. The molecule has 0 unspecified atom stereocenters. The minimum atomic E-state index is -0.0452. The Morgan fingerprint density at radius 2 is 2.30 bits per heavy atom. The molecule has 1 rings (SSSR count). The molecule has 3 nitrogen and oxygen atoms in total. The van der Waals surface area contributed by atoms with E-state index in [1.54, 1.807) is 12.3 Å². The van der Waals surface area contributed by atoms with E-state index in [2.05, 4.69) is 10.2 Å². The second-order valence-electron chi connectivity index (χ2n) is 2.17. The average molecular weight is 136 g/mol. The van der Waals surface area contributed by atoms with Crippen LogP contribution < -0.4 is 0 Å². The van der Waals surface area contributed by atoms with Gasteiger partial charge in [-0.3, -0.25) is 4.79 Å². The van der Waals surface area contributed by atoms with Gasteiger partial charge in [-0.2, -0.15) is 5.10 Å². The van der Waals surface area contributed by atoms with Crippen molar-refractivity contribution in [2.45, 2.75) is 13.8 Å². The Hall–Kier alpha value is -1.25. The maximum atomic E-state index is 10.7. The lowest BCUT2D eigenvalue weighted by Crippen LogP contribution is -1.98. The van der Waals surface area contributed by atoms with Gasteiger partial charge in [0.2, 0.25) is 0 Å². The molecule has 1 heterocycles. The van der Waals surface area contributed by atoms with E-state index >= 15 is 0 Å². The first-order valence-corrected chi connectivity index (χ1v) is 3.00. The van der Waals surface area contributed by atoms with E-state index in [0.29, 0.717) is 5.69 Å². The Morgan fingerprint density at radius 1 is 1.60 bits per heavy atom. The highest BCUT2D eigenvalue weighted by molar-refractivity contribution is 5.91. The van der Waals surface area contributed by atoms with E-state index in [4.69, 9.17) is 0 Å². The van der Waals surface area contributed by atoms with Crippen LogP contribution in [0.2, 0.25) is 0 Å². The van der Waals surface area contributed by atoms with Crippen molar-refractivity contribution in [2.75, 3.05) is 0 Å². The molecule has 0 radical (unpaired) electrons. The van der Waals surface area contributed by atoms with Crippen LogP contribution >= 0.6 is 0 Å². The molecule has 10 heavy (non-hydrogen) atoms. The maximum Gasteiger partial charge on any atom is 0.180 e. The van der Waals surface area contributed by atoms with E-state index in [1.165, 1.54) is 6.92 Å². The third-order valence-corrected chi connectivity index (χ3v) is 1.15. The highest BCUT2D eigenvalue weighted by atomic mass is 16.1. The molecule has 0 aliphatic heterocycles. The van der Waals surface area contributed by atoms with Crippen LogP contribution in [0.3, 0.4) is 0 Å². The van der Waals surface area contributed by atoms with Crippen LogP contribution in [0.25, 0.3) is 0 Å². The smallest absolute Gasteiger partial charge is 0.180 e. The molecular weight excluding hydrogens is 128 g/mol. The predicted octanol–water partition coefficient (Wildman–Crippen LogP) is 0.988.